The second kappa shape index (κ2) is 11.7. The summed E-state index contributed by atoms with van der Waals surface area (Å²) in [5, 5.41) is 4.81. The molecule has 3 aromatic carbocycles. The third-order valence-corrected chi connectivity index (χ3v) is 6.03. The maximum absolute atomic E-state index is 6.19. The molecule has 6 heteroatoms. The molecule has 0 spiro atoms. The molecule has 0 unspecified atom stereocenters. The van der Waals surface area contributed by atoms with E-state index in [2.05, 4.69) is 63.4 Å². The number of rotatable bonds is 9. The van der Waals surface area contributed by atoms with Gasteiger partial charge in [0.15, 0.2) is 5.11 Å². The van der Waals surface area contributed by atoms with E-state index in [-0.39, 0.29) is 0 Å². The highest BCUT2D eigenvalue weighted by atomic mass is 35.5. The number of aromatic nitrogens is 1. The lowest BCUT2D eigenvalue weighted by molar-refractivity contribution is 0.340. The summed E-state index contributed by atoms with van der Waals surface area (Å²) in [6.07, 6.45) is 2.10. The topological polar surface area (TPSA) is 29.4 Å². The van der Waals surface area contributed by atoms with E-state index in [4.69, 9.17) is 28.6 Å². The Bertz CT molecular complexity index is 1210. The third kappa shape index (κ3) is 6.62. The number of anilines is 1. The molecule has 1 N–H and O–H groups in total. The standard InChI is InChI=1S/C28H28ClN3OS/c1-2-33-27-15-13-25(14-16-27)30-28(34)32(19-22-8-4-3-5-9-22)21-26-12-7-17-31(26)20-23-10-6-11-24(29)18-23/h3-18H,2,19-21H2,1H3,(H,30,34). The lowest BCUT2D eigenvalue weighted by Gasteiger charge is -2.27. The first kappa shape index (κ1) is 23.9. The number of nitrogens with zero attached hydrogens (tertiary/aromatic N) is 2. The van der Waals surface area contributed by atoms with Crippen LogP contribution in [0, 0.1) is 0 Å². The first-order chi connectivity index (χ1) is 16.6. The molecule has 0 aliphatic heterocycles. The van der Waals surface area contributed by atoms with Gasteiger partial charge in [0.2, 0.25) is 0 Å². The lowest BCUT2D eigenvalue weighted by atomic mass is 10.2. The Balaban J connectivity index is 1.52. The fraction of sp³-hybridized carbons (Fsp3) is 0.179. The highest BCUT2D eigenvalue weighted by Crippen LogP contribution is 2.19. The van der Waals surface area contributed by atoms with Crippen LogP contribution in [0.4, 0.5) is 5.69 Å². The van der Waals surface area contributed by atoms with Crippen LogP contribution in [0.5, 0.6) is 5.75 Å². The van der Waals surface area contributed by atoms with E-state index in [0.717, 1.165) is 28.6 Å². The highest BCUT2D eigenvalue weighted by Gasteiger charge is 2.14. The van der Waals surface area contributed by atoms with Gasteiger partial charge < -0.3 is 19.5 Å². The maximum atomic E-state index is 6.19. The number of ether oxygens (including phenoxy) is 1. The van der Waals surface area contributed by atoms with Gasteiger partial charge in [-0.25, -0.2) is 0 Å². The van der Waals surface area contributed by atoms with Crippen molar-refractivity contribution in [3.8, 4) is 5.75 Å². The summed E-state index contributed by atoms with van der Waals surface area (Å²) in [5.41, 5.74) is 4.47. The third-order valence-electron chi connectivity index (χ3n) is 5.44. The van der Waals surface area contributed by atoms with Crippen LogP contribution < -0.4 is 10.1 Å². The highest BCUT2D eigenvalue weighted by molar-refractivity contribution is 7.80. The van der Waals surface area contributed by atoms with Gasteiger partial charge in [-0.15, -0.1) is 0 Å². The lowest BCUT2D eigenvalue weighted by Crippen LogP contribution is -2.34. The zero-order valence-corrected chi connectivity index (χ0v) is 20.7. The van der Waals surface area contributed by atoms with E-state index in [9.17, 15) is 0 Å². The van der Waals surface area contributed by atoms with Gasteiger partial charge in [-0.2, -0.15) is 0 Å². The molecule has 1 heterocycles. The molecule has 0 atom stereocenters. The van der Waals surface area contributed by atoms with Crippen LogP contribution in [0.25, 0.3) is 0 Å². The van der Waals surface area contributed by atoms with Crippen molar-refractivity contribution in [3.05, 3.63) is 119 Å². The van der Waals surface area contributed by atoms with Gasteiger partial charge in [-0.05, 0) is 78.8 Å². The minimum atomic E-state index is 0.644. The van der Waals surface area contributed by atoms with Crippen LogP contribution in [-0.4, -0.2) is 21.2 Å². The molecule has 0 aliphatic carbocycles. The Kier molecular flexibility index (Phi) is 8.23. The minimum Gasteiger partial charge on any atom is -0.494 e. The molecular weight excluding hydrogens is 462 g/mol. The van der Waals surface area contributed by atoms with Crippen LogP contribution in [0.1, 0.15) is 23.7 Å². The first-order valence-corrected chi connectivity index (χ1v) is 12.1. The van der Waals surface area contributed by atoms with Crippen LogP contribution >= 0.6 is 23.8 Å². The van der Waals surface area contributed by atoms with Crippen molar-refractivity contribution >= 4 is 34.6 Å². The molecule has 0 saturated heterocycles. The van der Waals surface area contributed by atoms with E-state index < -0.39 is 0 Å². The van der Waals surface area contributed by atoms with Gasteiger partial charge >= 0.3 is 0 Å². The predicted molar refractivity (Wildman–Crippen MR) is 145 cm³/mol. The second-order valence-electron chi connectivity index (χ2n) is 7.99. The fourth-order valence-corrected chi connectivity index (χ4v) is 4.24. The molecule has 4 aromatic rings. The average molecular weight is 490 g/mol. The van der Waals surface area contributed by atoms with Gasteiger partial charge in [-0.1, -0.05) is 54.1 Å². The minimum absolute atomic E-state index is 0.644. The molecule has 0 saturated carbocycles. The Labute approximate surface area is 211 Å². The smallest absolute Gasteiger partial charge is 0.174 e. The molecule has 0 fully saturated rings. The van der Waals surface area contributed by atoms with Crippen molar-refractivity contribution in [3.63, 3.8) is 0 Å². The monoisotopic (exact) mass is 489 g/mol. The van der Waals surface area contributed by atoms with Gasteiger partial charge in [0, 0.05) is 35.7 Å². The van der Waals surface area contributed by atoms with Crippen LogP contribution in [-0.2, 0) is 19.6 Å². The van der Waals surface area contributed by atoms with Crippen molar-refractivity contribution in [2.24, 2.45) is 0 Å². The molecule has 0 radical (unpaired) electrons. The largest absolute Gasteiger partial charge is 0.494 e. The summed E-state index contributed by atoms with van der Waals surface area (Å²) in [4.78, 5) is 2.19. The zero-order chi connectivity index (χ0) is 23.8. The van der Waals surface area contributed by atoms with Crippen molar-refractivity contribution < 1.29 is 4.74 Å². The van der Waals surface area contributed by atoms with Crippen LogP contribution in [0.3, 0.4) is 0 Å². The molecule has 174 valence electrons. The number of thiocarbonyl (C=S) groups is 1. The quantitative estimate of drug-likeness (QED) is 0.256. The summed E-state index contributed by atoms with van der Waals surface area (Å²) >= 11 is 12.1. The van der Waals surface area contributed by atoms with E-state index in [0.29, 0.717) is 24.8 Å². The number of benzene rings is 3. The summed E-state index contributed by atoms with van der Waals surface area (Å²) < 4.78 is 7.79. The average Bonchev–Trinajstić information content (AvgIpc) is 3.27. The molecule has 4 rings (SSSR count). The Morgan fingerprint density at radius 3 is 2.41 bits per heavy atom. The second-order valence-corrected chi connectivity index (χ2v) is 8.81. The van der Waals surface area contributed by atoms with Gasteiger partial charge in [0.1, 0.15) is 5.75 Å². The van der Waals surface area contributed by atoms with Crippen molar-refractivity contribution in [2.45, 2.75) is 26.6 Å². The van der Waals surface area contributed by atoms with Crippen molar-refractivity contribution in [1.29, 1.82) is 0 Å². The number of hydrogen-bond acceptors (Lipinski definition) is 2. The van der Waals surface area contributed by atoms with Crippen molar-refractivity contribution in [1.82, 2.24) is 9.47 Å². The van der Waals surface area contributed by atoms with Crippen molar-refractivity contribution in [2.75, 3.05) is 11.9 Å². The zero-order valence-electron chi connectivity index (χ0n) is 19.2. The summed E-state index contributed by atoms with van der Waals surface area (Å²) in [5.74, 6) is 0.846. The Morgan fingerprint density at radius 2 is 1.68 bits per heavy atom. The predicted octanol–water partition coefficient (Wildman–Crippen LogP) is 6.99. The summed E-state index contributed by atoms with van der Waals surface area (Å²) in [7, 11) is 0. The number of nitrogens with one attached hydrogen (secondary N) is 1. The molecule has 34 heavy (non-hydrogen) atoms. The summed E-state index contributed by atoms with van der Waals surface area (Å²) in [6.45, 7) is 4.74. The number of hydrogen-bond donors (Lipinski definition) is 1. The van der Waals surface area contributed by atoms with Crippen LogP contribution in [0.15, 0.2) is 97.2 Å². The van der Waals surface area contributed by atoms with Gasteiger partial charge in [0.25, 0.3) is 0 Å². The molecule has 4 nitrogen and oxygen atoms in total. The van der Waals surface area contributed by atoms with E-state index >= 15 is 0 Å². The molecule has 0 amide bonds. The SMILES string of the molecule is CCOc1ccc(NC(=S)N(Cc2ccccc2)Cc2cccn2Cc2cccc(Cl)c2)cc1. The molecule has 1 aromatic heterocycles. The normalized spacial score (nSPS) is 10.6. The van der Waals surface area contributed by atoms with E-state index in [1.54, 1.807) is 0 Å². The first-order valence-electron chi connectivity index (χ1n) is 11.3. The molecule has 0 aliphatic rings. The van der Waals surface area contributed by atoms with Gasteiger partial charge in [-0.3, -0.25) is 0 Å². The molecular formula is C28H28ClN3OS. The van der Waals surface area contributed by atoms with Crippen LogP contribution in [0.2, 0.25) is 5.02 Å². The van der Waals surface area contributed by atoms with Gasteiger partial charge in [0.05, 0.1) is 13.2 Å². The molecule has 0 bridgehead atoms. The number of halogens is 1. The van der Waals surface area contributed by atoms with E-state index in [1.165, 1.54) is 11.3 Å². The summed E-state index contributed by atoms with van der Waals surface area (Å²) in [6, 6.07) is 30.4. The van der Waals surface area contributed by atoms with E-state index in [1.807, 2.05) is 55.5 Å². The maximum Gasteiger partial charge on any atom is 0.174 e. The fourth-order valence-electron chi connectivity index (χ4n) is 3.78. The Morgan fingerprint density at radius 1 is 0.912 bits per heavy atom. The Hall–Kier alpha value is -3.28.